The highest BCUT2D eigenvalue weighted by molar-refractivity contribution is 5.76. The van der Waals surface area contributed by atoms with Crippen molar-refractivity contribution in [2.75, 3.05) is 73.0 Å². The molecular formula is C58H56F2N10O6. The van der Waals surface area contributed by atoms with Crippen molar-refractivity contribution in [1.29, 1.82) is 0 Å². The number of fused-ring (bicyclic) bond motifs is 4. The predicted octanol–water partition coefficient (Wildman–Crippen LogP) is 10.0. The normalized spacial score (nSPS) is 15.3. The zero-order valence-corrected chi connectivity index (χ0v) is 42.1. The summed E-state index contributed by atoms with van der Waals surface area (Å²) in [5.74, 6) is 4.12. The van der Waals surface area contributed by atoms with Crippen molar-refractivity contribution < 1.29 is 27.7 Å². The maximum absolute atomic E-state index is 13.0. The summed E-state index contributed by atoms with van der Waals surface area (Å²) >= 11 is 0. The molecule has 16 nitrogen and oxygen atoms in total. The first-order valence-electron chi connectivity index (χ1n) is 25.4. The number of aromatic amines is 2. The van der Waals surface area contributed by atoms with Gasteiger partial charge in [-0.05, 0) is 97.8 Å². The lowest BCUT2D eigenvalue weighted by molar-refractivity contribution is 0.122. The number of nitrogens with one attached hydrogen (secondary N) is 4. The van der Waals surface area contributed by atoms with E-state index in [1.807, 2.05) is 86.6 Å². The molecule has 0 radical (unpaired) electrons. The van der Waals surface area contributed by atoms with E-state index < -0.39 is 13.3 Å². The molecule has 388 valence electrons. The first kappa shape index (κ1) is 49.7. The van der Waals surface area contributed by atoms with E-state index in [4.69, 9.17) is 18.9 Å². The van der Waals surface area contributed by atoms with E-state index in [0.29, 0.717) is 62.3 Å². The summed E-state index contributed by atoms with van der Waals surface area (Å²) in [7, 11) is 0. The standard InChI is InChI=1S/2C29H28FN5O3/c2*1-18(29-31-8-7-22(17-30)33-29)32-21-5-6-26-20(14-21)13-19-3-2-4-24(28(19)38-26)25-15-23(16-27(36)34-25)35-9-11-37-12-10-35/h2*2-8,14-16,18,32H,9-13,17H2,1H3,(H,34,36). The van der Waals surface area contributed by atoms with Crippen molar-refractivity contribution in [2.24, 2.45) is 0 Å². The monoisotopic (exact) mass is 1030 g/mol. The highest BCUT2D eigenvalue weighted by atomic mass is 19.1. The van der Waals surface area contributed by atoms with Gasteiger partial charge in [0.15, 0.2) is 11.6 Å². The van der Waals surface area contributed by atoms with Gasteiger partial charge in [-0.25, -0.2) is 28.7 Å². The fraction of sp³-hybridized carbons (Fsp3) is 0.276. The Kier molecular flexibility index (Phi) is 14.5. The van der Waals surface area contributed by atoms with Crippen LogP contribution in [0.3, 0.4) is 0 Å². The third-order valence-electron chi connectivity index (χ3n) is 13.8. The number of anilines is 4. The van der Waals surface area contributed by atoms with Gasteiger partial charge < -0.3 is 49.3 Å². The molecule has 0 amide bonds. The molecule has 2 fully saturated rings. The fourth-order valence-corrected chi connectivity index (χ4v) is 9.93. The minimum Gasteiger partial charge on any atom is -0.456 e. The Balaban J connectivity index is 0.000000162. The number of para-hydroxylation sites is 2. The van der Waals surface area contributed by atoms with E-state index in [2.05, 4.69) is 62.5 Å². The number of ether oxygens (including phenoxy) is 4. The summed E-state index contributed by atoms with van der Waals surface area (Å²) in [4.78, 5) is 52.6. The van der Waals surface area contributed by atoms with Gasteiger partial charge in [0.2, 0.25) is 11.1 Å². The Hall–Kier alpha value is -8.48. The Morgan fingerprint density at radius 3 is 1.41 bits per heavy atom. The van der Waals surface area contributed by atoms with Crippen molar-refractivity contribution in [2.45, 2.75) is 52.1 Å². The number of halogens is 2. The molecule has 12 rings (SSSR count). The van der Waals surface area contributed by atoms with Crippen LogP contribution in [0.2, 0.25) is 0 Å². The molecule has 0 bridgehead atoms. The average Bonchev–Trinajstić information content (AvgIpc) is 3.48. The van der Waals surface area contributed by atoms with E-state index in [1.54, 1.807) is 36.7 Å². The number of rotatable bonds is 12. The lowest BCUT2D eigenvalue weighted by Crippen LogP contribution is -2.36. The van der Waals surface area contributed by atoms with E-state index in [1.165, 1.54) is 0 Å². The molecule has 8 heterocycles. The zero-order chi connectivity index (χ0) is 52.1. The van der Waals surface area contributed by atoms with Gasteiger partial charge in [0.1, 0.15) is 36.3 Å². The third kappa shape index (κ3) is 11.0. The van der Waals surface area contributed by atoms with Crippen LogP contribution in [0, 0.1) is 0 Å². The molecule has 0 spiro atoms. The van der Waals surface area contributed by atoms with Crippen molar-refractivity contribution in [3.05, 3.63) is 188 Å². The average molecular weight is 1030 g/mol. The van der Waals surface area contributed by atoms with Crippen molar-refractivity contribution in [3.63, 3.8) is 0 Å². The van der Waals surface area contributed by atoms with Crippen LogP contribution in [-0.4, -0.2) is 82.5 Å². The van der Waals surface area contributed by atoms with E-state index in [-0.39, 0.29) is 23.2 Å². The molecule has 4 aliphatic heterocycles. The Morgan fingerprint density at radius 2 is 0.987 bits per heavy atom. The van der Waals surface area contributed by atoms with Gasteiger partial charge in [-0.3, -0.25) is 9.59 Å². The summed E-state index contributed by atoms with van der Waals surface area (Å²) in [6, 6.07) is 34.0. The second-order valence-corrected chi connectivity index (χ2v) is 19.0. The van der Waals surface area contributed by atoms with Gasteiger partial charge >= 0.3 is 0 Å². The van der Waals surface area contributed by atoms with Crippen molar-refractivity contribution in [1.82, 2.24) is 29.9 Å². The second kappa shape index (κ2) is 22.2. The number of alkyl halides is 2. The Morgan fingerprint density at radius 1 is 0.553 bits per heavy atom. The van der Waals surface area contributed by atoms with Crippen LogP contribution < -0.4 is 41.0 Å². The molecule has 0 aliphatic carbocycles. The van der Waals surface area contributed by atoms with Crippen LogP contribution in [-0.2, 0) is 35.7 Å². The smallest absolute Gasteiger partial charge is 0.250 e. The maximum Gasteiger partial charge on any atom is 0.250 e. The number of H-pyrrole nitrogens is 2. The predicted molar refractivity (Wildman–Crippen MR) is 287 cm³/mol. The van der Waals surface area contributed by atoms with Crippen molar-refractivity contribution in [3.8, 4) is 45.5 Å². The fourth-order valence-electron chi connectivity index (χ4n) is 9.93. The highest BCUT2D eigenvalue weighted by Gasteiger charge is 2.25. The van der Waals surface area contributed by atoms with Gasteiger partial charge in [-0.2, -0.15) is 0 Å². The topological polar surface area (TPSA) is 185 Å². The summed E-state index contributed by atoms with van der Waals surface area (Å²) in [5, 5.41) is 6.82. The van der Waals surface area contributed by atoms with Crippen LogP contribution in [0.25, 0.3) is 22.5 Å². The maximum atomic E-state index is 13.0. The van der Waals surface area contributed by atoms with Crippen LogP contribution >= 0.6 is 0 Å². The minimum absolute atomic E-state index is 0.149. The van der Waals surface area contributed by atoms with E-state index >= 15 is 0 Å². The van der Waals surface area contributed by atoms with Crippen LogP contribution in [0.5, 0.6) is 23.0 Å². The number of nitrogens with zero attached hydrogens (tertiary/aromatic N) is 6. The summed E-state index contributed by atoms with van der Waals surface area (Å²) in [6.45, 7) is 8.25. The quantitative estimate of drug-likeness (QED) is 0.0906. The summed E-state index contributed by atoms with van der Waals surface area (Å²) in [5.41, 5.74) is 11.3. The molecule has 4 aromatic heterocycles. The zero-order valence-electron chi connectivity index (χ0n) is 42.1. The van der Waals surface area contributed by atoms with Gasteiger partial charge in [0.05, 0.1) is 61.3 Å². The largest absolute Gasteiger partial charge is 0.456 e. The first-order valence-corrected chi connectivity index (χ1v) is 25.4. The SMILES string of the molecule is CC(Nc1ccc2c(c1)Cc1cccc(-c3cc(N4CCOCC4)cc(=O)[nH]3)c1O2)c1nccc(CF)n1.CC(Nc1ccc2c(c1)Cc1cccc(-c3cc(N4CCOCC4)cc(=O)[nH]3)c1O2)c1nccc(CF)n1. The molecule has 0 saturated carbocycles. The van der Waals surface area contributed by atoms with Crippen LogP contribution in [0.1, 0.15) is 71.2 Å². The molecule has 76 heavy (non-hydrogen) atoms. The Bertz CT molecular complexity index is 3300. The second-order valence-electron chi connectivity index (χ2n) is 19.0. The molecule has 4 aliphatic rings. The number of aromatic nitrogens is 6. The molecule has 18 heteroatoms. The summed E-state index contributed by atoms with van der Waals surface area (Å²) in [6.07, 6.45) is 4.52. The molecule has 4 aromatic carbocycles. The van der Waals surface area contributed by atoms with Gasteiger partial charge in [-0.1, -0.05) is 24.3 Å². The molecule has 2 atom stereocenters. The van der Waals surface area contributed by atoms with Crippen LogP contribution in [0.15, 0.2) is 131 Å². The number of pyridine rings is 2. The highest BCUT2D eigenvalue weighted by Crippen LogP contribution is 2.45. The first-order chi connectivity index (χ1) is 37.1. The minimum atomic E-state index is -0.620. The number of morpholine rings is 2. The van der Waals surface area contributed by atoms with E-state index in [0.717, 1.165) is 117 Å². The molecule has 2 unspecified atom stereocenters. The number of hydrogen-bond donors (Lipinski definition) is 4. The number of benzene rings is 4. The lowest BCUT2D eigenvalue weighted by atomic mass is 9.96. The van der Waals surface area contributed by atoms with Gasteiger partial charge in [0, 0.05) is 109 Å². The Labute approximate surface area is 437 Å². The molecule has 8 aromatic rings. The number of hydrogen-bond acceptors (Lipinski definition) is 14. The van der Waals surface area contributed by atoms with E-state index in [9.17, 15) is 18.4 Å². The molecule has 2 saturated heterocycles. The summed E-state index contributed by atoms with van der Waals surface area (Å²) < 4.78 is 49.8. The van der Waals surface area contributed by atoms with Gasteiger partial charge in [0.25, 0.3) is 0 Å². The van der Waals surface area contributed by atoms with Gasteiger partial charge in [-0.15, -0.1) is 0 Å². The molecule has 4 N–H and O–H groups in total. The lowest BCUT2D eigenvalue weighted by Gasteiger charge is -2.29. The molecular weight excluding hydrogens is 971 g/mol. The third-order valence-corrected chi connectivity index (χ3v) is 13.8. The van der Waals surface area contributed by atoms with Crippen molar-refractivity contribution >= 4 is 22.7 Å². The van der Waals surface area contributed by atoms with Crippen LogP contribution in [0.4, 0.5) is 31.5 Å².